The molecule has 6 heteroatoms. The average Bonchev–Trinajstić information content (AvgIpc) is 3.09. The van der Waals surface area contributed by atoms with Crippen LogP contribution in [0.2, 0.25) is 0 Å². The molecule has 2 heterocycles. The lowest BCUT2D eigenvalue weighted by Crippen LogP contribution is -2.14. The fourth-order valence-electron chi connectivity index (χ4n) is 2.68. The second kappa shape index (κ2) is 7.25. The van der Waals surface area contributed by atoms with Crippen LogP contribution in [0.25, 0.3) is 0 Å². The summed E-state index contributed by atoms with van der Waals surface area (Å²) < 4.78 is 0. The number of hydrogen-bond acceptors (Lipinski definition) is 4. The van der Waals surface area contributed by atoms with Crippen molar-refractivity contribution in [3.63, 3.8) is 0 Å². The van der Waals surface area contributed by atoms with Gasteiger partial charge in [0.05, 0.1) is 12.5 Å². The molecule has 0 unspecified atom stereocenters. The Morgan fingerprint density at radius 3 is 2.76 bits per heavy atom. The number of aromatic amines is 1. The Bertz CT molecular complexity index is 887. The molecule has 0 saturated heterocycles. The van der Waals surface area contributed by atoms with Crippen molar-refractivity contribution in [3.8, 4) is 0 Å². The number of rotatable bonds is 5. The van der Waals surface area contributed by atoms with E-state index in [9.17, 15) is 4.79 Å². The molecule has 6 nitrogen and oxygen atoms in total. The van der Waals surface area contributed by atoms with E-state index in [0.717, 1.165) is 34.8 Å². The van der Waals surface area contributed by atoms with Crippen molar-refractivity contribution in [2.75, 3.05) is 5.32 Å². The Kier molecular flexibility index (Phi) is 4.88. The molecule has 3 rings (SSSR count). The first-order chi connectivity index (χ1) is 12.0. The summed E-state index contributed by atoms with van der Waals surface area (Å²) in [7, 11) is 0. The first-order valence-corrected chi connectivity index (χ1v) is 8.28. The third-order valence-electron chi connectivity index (χ3n) is 3.97. The van der Waals surface area contributed by atoms with E-state index < -0.39 is 0 Å². The molecule has 0 aliphatic carbocycles. The minimum atomic E-state index is -0.164. The van der Waals surface area contributed by atoms with Gasteiger partial charge in [-0.15, -0.1) is 0 Å². The summed E-state index contributed by atoms with van der Waals surface area (Å²) in [6.07, 6.45) is 4.57. The Morgan fingerprint density at radius 1 is 1.20 bits per heavy atom. The van der Waals surface area contributed by atoms with Crippen molar-refractivity contribution in [1.29, 1.82) is 0 Å². The molecule has 2 aromatic heterocycles. The van der Waals surface area contributed by atoms with Crippen LogP contribution in [-0.4, -0.2) is 25.8 Å². The first-order valence-electron chi connectivity index (χ1n) is 8.28. The maximum absolute atomic E-state index is 12.5. The number of benzene rings is 1. The summed E-state index contributed by atoms with van der Waals surface area (Å²) in [5.74, 6) is 1.19. The number of hydrogen-bond donors (Lipinski definition) is 2. The Hall–Kier alpha value is -3.02. The Balaban J connectivity index is 1.84. The van der Waals surface area contributed by atoms with E-state index >= 15 is 0 Å². The summed E-state index contributed by atoms with van der Waals surface area (Å²) >= 11 is 0. The molecule has 25 heavy (non-hydrogen) atoms. The quantitative estimate of drug-likeness (QED) is 0.750. The number of nitrogens with zero attached hydrogens (tertiary/aromatic N) is 3. The van der Waals surface area contributed by atoms with Crippen molar-refractivity contribution >= 4 is 11.7 Å². The van der Waals surface area contributed by atoms with E-state index in [-0.39, 0.29) is 5.91 Å². The van der Waals surface area contributed by atoms with Gasteiger partial charge in [-0.05, 0) is 43.5 Å². The van der Waals surface area contributed by atoms with Gasteiger partial charge in [-0.1, -0.05) is 19.1 Å². The summed E-state index contributed by atoms with van der Waals surface area (Å²) in [4.78, 5) is 28.4. The Morgan fingerprint density at radius 2 is 2.04 bits per heavy atom. The second-order valence-electron chi connectivity index (χ2n) is 6.02. The number of anilines is 1. The van der Waals surface area contributed by atoms with Crippen molar-refractivity contribution in [2.45, 2.75) is 33.6 Å². The third kappa shape index (κ3) is 4.09. The van der Waals surface area contributed by atoms with Crippen LogP contribution in [0.3, 0.4) is 0 Å². The maximum Gasteiger partial charge on any atom is 0.257 e. The van der Waals surface area contributed by atoms with E-state index in [1.165, 1.54) is 6.33 Å². The monoisotopic (exact) mass is 335 g/mol. The summed E-state index contributed by atoms with van der Waals surface area (Å²) in [6, 6.07) is 7.87. The fraction of sp³-hybridized carbons (Fsp3) is 0.263. The number of amides is 1. The normalized spacial score (nSPS) is 10.7. The molecule has 0 spiro atoms. The van der Waals surface area contributed by atoms with Crippen molar-refractivity contribution < 1.29 is 4.79 Å². The summed E-state index contributed by atoms with van der Waals surface area (Å²) in [6.45, 7) is 5.97. The van der Waals surface area contributed by atoms with Gasteiger partial charge in [0.2, 0.25) is 0 Å². The van der Waals surface area contributed by atoms with Crippen LogP contribution in [0, 0.1) is 13.8 Å². The van der Waals surface area contributed by atoms with E-state index in [4.69, 9.17) is 0 Å². The highest BCUT2D eigenvalue weighted by Crippen LogP contribution is 2.16. The summed E-state index contributed by atoms with van der Waals surface area (Å²) in [5.41, 5.74) is 4.56. The molecule has 0 radical (unpaired) electrons. The van der Waals surface area contributed by atoms with Gasteiger partial charge in [0, 0.05) is 23.4 Å². The van der Waals surface area contributed by atoms with Gasteiger partial charge in [-0.3, -0.25) is 4.79 Å². The van der Waals surface area contributed by atoms with Gasteiger partial charge in [0.25, 0.3) is 5.91 Å². The number of aromatic nitrogens is 4. The Labute approximate surface area is 146 Å². The zero-order valence-corrected chi connectivity index (χ0v) is 14.6. The van der Waals surface area contributed by atoms with Crippen LogP contribution in [0.1, 0.15) is 45.6 Å². The zero-order chi connectivity index (χ0) is 17.8. The lowest BCUT2D eigenvalue weighted by atomic mass is 10.0. The fourth-order valence-corrected chi connectivity index (χ4v) is 2.68. The molecule has 0 atom stereocenters. The molecule has 2 N–H and O–H groups in total. The van der Waals surface area contributed by atoms with Crippen molar-refractivity contribution in [1.82, 2.24) is 19.9 Å². The van der Waals surface area contributed by atoms with Crippen molar-refractivity contribution in [2.24, 2.45) is 0 Å². The number of carbonyl (C=O) groups is 1. The van der Waals surface area contributed by atoms with E-state index in [2.05, 4.69) is 32.2 Å². The number of nitrogens with one attached hydrogen (secondary N) is 2. The molecule has 0 fully saturated rings. The van der Waals surface area contributed by atoms with Crippen LogP contribution in [0.5, 0.6) is 0 Å². The first kappa shape index (κ1) is 16.8. The van der Waals surface area contributed by atoms with Crippen LogP contribution in [-0.2, 0) is 12.8 Å². The lowest BCUT2D eigenvalue weighted by molar-refractivity contribution is 0.102. The molecule has 3 aromatic rings. The van der Waals surface area contributed by atoms with Crippen LogP contribution >= 0.6 is 0 Å². The molecule has 128 valence electrons. The predicted octanol–water partition coefficient (Wildman–Crippen LogP) is 3.22. The molecular formula is C19H21N5O. The maximum atomic E-state index is 12.5. The smallest absolute Gasteiger partial charge is 0.257 e. The molecule has 0 aliphatic heterocycles. The third-order valence-corrected chi connectivity index (χ3v) is 3.97. The van der Waals surface area contributed by atoms with E-state index in [0.29, 0.717) is 17.8 Å². The standard InChI is InChI=1S/C19H21N5O/c1-4-15-7-13(3)22-17(23-15)9-14-6-5-12(2)16(8-14)19(25)24-18-10-20-11-21-18/h5-8,10-11H,4,9H2,1-3H3,(H,20,21)(H,24,25). The zero-order valence-electron chi connectivity index (χ0n) is 14.6. The minimum absolute atomic E-state index is 0.164. The highest BCUT2D eigenvalue weighted by atomic mass is 16.1. The van der Waals surface area contributed by atoms with E-state index in [1.54, 1.807) is 6.20 Å². The highest BCUT2D eigenvalue weighted by molar-refractivity contribution is 6.04. The molecule has 0 bridgehead atoms. The molecule has 0 aliphatic rings. The molecule has 1 amide bonds. The van der Waals surface area contributed by atoms with Gasteiger partial charge in [0.1, 0.15) is 11.6 Å². The van der Waals surface area contributed by atoms with Gasteiger partial charge >= 0.3 is 0 Å². The van der Waals surface area contributed by atoms with Crippen molar-refractivity contribution in [3.05, 3.63) is 70.7 Å². The van der Waals surface area contributed by atoms with Gasteiger partial charge in [-0.25, -0.2) is 15.0 Å². The van der Waals surface area contributed by atoms with Crippen LogP contribution in [0.4, 0.5) is 5.82 Å². The van der Waals surface area contributed by atoms with Crippen LogP contribution in [0.15, 0.2) is 36.8 Å². The number of H-pyrrole nitrogens is 1. The number of carbonyl (C=O) groups excluding carboxylic acids is 1. The predicted molar refractivity (Wildman–Crippen MR) is 96.7 cm³/mol. The molecule has 1 aromatic carbocycles. The lowest BCUT2D eigenvalue weighted by Gasteiger charge is -2.09. The van der Waals surface area contributed by atoms with Crippen LogP contribution < -0.4 is 5.32 Å². The topological polar surface area (TPSA) is 83.6 Å². The number of imidazole rings is 1. The average molecular weight is 335 g/mol. The SMILES string of the molecule is CCc1cc(C)nc(Cc2ccc(C)c(C(=O)Nc3cnc[nH]3)c2)n1. The summed E-state index contributed by atoms with van der Waals surface area (Å²) in [5, 5.41) is 2.81. The van der Waals surface area contributed by atoms with Gasteiger partial charge < -0.3 is 10.3 Å². The van der Waals surface area contributed by atoms with Gasteiger partial charge in [0.15, 0.2) is 0 Å². The van der Waals surface area contributed by atoms with Gasteiger partial charge in [-0.2, -0.15) is 0 Å². The highest BCUT2D eigenvalue weighted by Gasteiger charge is 2.12. The number of aryl methyl sites for hydroxylation is 3. The molecular weight excluding hydrogens is 314 g/mol. The molecule has 0 saturated carbocycles. The minimum Gasteiger partial charge on any atom is -0.331 e. The van der Waals surface area contributed by atoms with E-state index in [1.807, 2.05) is 38.1 Å². The second-order valence-corrected chi connectivity index (χ2v) is 6.02. The largest absolute Gasteiger partial charge is 0.331 e.